The molecule has 3 heterocycles. The van der Waals surface area contributed by atoms with E-state index >= 15 is 0 Å². The van der Waals surface area contributed by atoms with Gasteiger partial charge in [-0.05, 0) is 51.8 Å². The highest BCUT2D eigenvalue weighted by Gasteiger charge is 2.26. The van der Waals surface area contributed by atoms with E-state index in [1.807, 2.05) is 19.9 Å². The fourth-order valence-electron chi connectivity index (χ4n) is 4.17. The number of halogens is 1. The Kier molecular flexibility index (Phi) is 8.22. The van der Waals surface area contributed by atoms with Crippen molar-refractivity contribution >= 4 is 23.3 Å². The first-order valence-electron chi connectivity index (χ1n) is 12.3. The maximum absolute atomic E-state index is 14.7. The zero-order valence-corrected chi connectivity index (χ0v) is 20.6. The molecule has 2 saturated heterocycles. The molecule has 0 radical (unpaired) electrons. The van der Waals surface area contributed by atoms with E-state index in [0.29, 0.717) is 61.4 Å². The summed E-state index contributed by atoms with van der Waals surface area (Å²) in [5.74, 6) is 0.989. The molecular weight excluding hydrogens is 453 g/mol. The lowest BCUT2D eigenvalue weighted by molar-refractivity contribution is 0.0507. The average molecular weight is 488 g/mol. The van der Waals surface area contributed by atoms with Crippen LogP contribution in [0.1, 0.15) is 45.4 Å². The van der Waals surface area contributed by atoms with Gasteiger partial charge in [-0.25, -0.2) is 14.2 Å². The van der Waals surface area contributed by atoms with Crippen molar-refractivity contribution in [2.24, 2.45) is 0 Å². The molecule has 2 N–H and O–H groups in total. The SMILES string of the molecule is Cc1nc(Nc2ccc(NC[C@@H]3CCCO3)cc2F)cc(OC2CCN(C(=O)OC(C)C)CC2)n1. The summed E-state index contributed by atoms with van der Waals surface area (Å²) in [5.41, 5.74) is 1.02. The second kappa shape index (κ2) is 11.5. The molecule has 2 aliphatic rings. The number of hydrogen-bond acceptors (Lipinski definition) is 8. The molecule has 0 spiro atoms. The highest BCUT2D eigenvalue weighted by molar-refractivity contribution is 5.68. The monoisotopic (exact) mass is 487 g/mol. The van der Waals surface area contributed by atoms with E-state index in [0.717, 1.165) is 19.4 Å². The van der Waals surface area contributed by atoms with Crippen molar-refractivity contribution in [3.8, 4) is 5.88 Å². The van der Waals surface area contributed by atoms with Crippen LogP contribution in [-0.4, -0.2) is 65.5 Å². The Morgan fingerprint density at radius 2 is 2.03 bits per heavy atom. The third-order valence-corrected chi connectivity index (χ3v) is 5.93. The molecule has 2 aromatic rings. The summed E-state index contributed by atoms with van der Waals surface area (Å²) in [5, 5.41) is 6.26. The lowest BCUT2D eigenvalue weighted by Crippen LogP contribution is -2.42. The van der Waals surface area contributed by atoms with E-state index in [1.165, 1.54) is 6.07 Å². The molecule has 9 nitrogen and oxygen atoms in total. The number of rotatable bonds is 8. The molecule has 2 aliphatic heterocycles. The maximum Gasteiger partial charge on any atom is 0.410 e. The number of piperidine rings is 1. The van der Waals surface area contributed by atoms with E-state index < -0.39 is 0 Å². The summed E-state index contributed by atoms with van der Waals surface area (Å²) < 4.78 is 31.7. The minimum atomic E-state index is -0.387. The van der Waals surface area contributed by atoms with Gasteiger partial charge in [0.15, 0.2) is 0 Å². The second-order valence-corrected chi connectivity index (χ2v) is 9.21. The van der Waals surface area contributed by atoms with Gasteiger partial charge >= 0.3 is 6.09 Å². The highest BCUT2D eigenvalue weighted by Crippen LogP contribution is 2.26. The summed E-state index contributed by atoms with van der Waals surface area (Å²) in [4.78, 5) is 22.5. The number of nitrogens with zero attached hydrogens (tertiary/aromatic N) is 3. The molecule has 0 bridgehead atoms. The van der Waals surface area contributed by atoms with Gasteiger partial charge in [-0.2, -0.15) is 4.98 Å². The number of likely N-dealkylation sites (tertiary alicyclic amines) is 1. The van der Waals surface area contributed by atoms with Crippen molar-refractivity contribution in [2.75, 3.05) is 36.9 Å². The Labute approximate surface area is 205 Å². The number of carbonyl (C=O) groups is 1. The molecule has 0 saturated carbocycles. The van der Waals surface area contributed by atoms with Crippen LogP contribution in [0.5, 0.6) is 5.88 Å². The number of benzene rings is 1. The van der Waals surface area contributed by atoms with E-state index in [9.17, 15) is 9.18 Å². The fourth-order valence-corrected chi connectivity index (χ4v) is 4.17. The summed E-state index contributed by atoms with van der Waals surface area (Å²) in [7, 11) is 0. The highest BCUT2D eigenvalue weighted by atomic mass is 19.1. The minimum absolute atomic E-state index is 0.0776. The Morgan fingerprint density at radius 3 is 2.71 bits per heavy atom. The summed E-state index contributed by atoms with van der Waals surface area (Å²) in [6.45, 7) is 8.00. The number of nitrogens with one attached hydrogen (secondary N) is 2. The predicted molar refractivity (Wildman–Crippen MR) is 131 cm³/mol. The Hall–Kier alpha value is -3.14. The van der Waals surface area contributed by atoms with Crippen LogP contribution < -0.4 is 15.4 Å². The van der Waals surface area contributed by atoms with Crippen molar-refractivity contribution in [1.29, 1.82) is 0 Å². The van der Waals surface area contributed by atoms with Gasteiger partial charge in [0.1, 0.15) is 23.6 Å². The van der Waals surface area contributed by atoms with E-state index in [-0.39, 0.29) is 30.2 Å². The Balaban J connectivity index is 1.32. The molecule has 190 valence electrons. The molecule has 0 aliphatic carbocycles. The van der Waals surface area contributed by atoms with Gasteiger partial charge in [0.2, 0.25) is 5.88 Å². The minimum Gasteiger partial charge on any atom is -0.474 e. The van der Waals surface area contributed by atoms with Crippen LogP contribution in [0.2, 0.25) is 0 Å². The molecule has 1 amide bonds. The molecule has 1 atom stereocenters. The zero-order valence-electron chi connectivity index (χ0n) is 20.6. The Morgan fingerprint density at radius 1 is 1.23 bits per heavy atom. The van der Waals surface area contributed by atoms with Crippen LogP contribution in [0.3, 0.4) is 0 Å². The standard InChI is InChI=1S/C25H34FN5O4/c1-16(2)34-25(32)31-10-8-19(9-11-31)35-24-14-23(28-17(3)29-24)30-22-7-6-18(13-21(22)26)27-15-20-5-4-12-33-20/h6-7,13-14,16,19-20,27H,4-5,8-12,15H2,1-3H3,(H,28,29,30)/t20-/m0/s1. The first-order chi connectivity index (χ1) is 16.9. The van der Waals surface area contributed by atoms with Crippen LogP contribution in [0.4, 0.5) is 26.4 Å². The van der Waals surface area contributed by atoms with E-state index in [2.05, 4.69) is 20.6 Å². The van der Waals surface area contributed by atoms with Gasteiger partial charge < -0.3 is 29.7 Å². The first kappa shape index (κ1) is 25.0. The van der Waals surface area contributed by atoms with Crippen LogP contribution >= 0.6 is 0 Å². The summed E-state index contributed by atoms with van der Waals surface area (Å²) in [6.07, 6.45) is 3.11. The molecule has 0 unspecified atom stereocenters. The topological polar surface area (TPSA) is 97.8 Å². The van der Waals surface area contributed by atoms with Gasteiger partial charge in [-0.1, -0.05) is 0 Å². The Bertz CT molecular complexity index is 1010. The van der Waals surface area contributed by atoms with Crippen LogP contribution in [0.15, 0.2) is 24.3 Å². The number of aryl methyl sites for hydroxylation is 1. The van der Waals surface area contributed by atoms with E-state index in [1.54, 1.807) is 24.0 Å². The van der Waals surface area contributed by atoms with Crippen molar-refractivity contribution in [1.82, 2.24) is 14.9 Å². The second-order valence-electron chi connectivity index (χ2n) is 9.21. The van der Waals surface area contributed by atoms with Gasteiger partial charge in [-0.15, -0.1) is 0 Å². The fraction of sp³-hybridized carbons (Fsp3) is 0.560. The third kappa shape index (κ3) is 7.17. The van der Waals surface area contributed by atoms with Gasteiger partial charge in [-0.3, -0.25) is 0 Å². The van der Waals surface area contributed by atoms with Crippen molar-refractivity contribution < 1.29 is 23.4 Å². The van der Waals surface area contributed by atoms with Crippen LogP contribution in [0, 0.1) is 12.7 Å². The van der Waals surface area contributed by atoms with Gasteiger partial charge in [0.05, 0.1) is 17.9 Å². The number of amides is 1. The normalized spacial score (nSPS) is 18.5. The largest absolute Gasteiger partial charge is 0.474 e. The number of aromatic nitrogens is 2. The molecule has 10 heteroatoms. The smallest absolute Gasteiger partial charge is 0.410 e. The van der Waals surface area contributed by atoms with Crippen molar-refractivity contribution in [2.45, 2.75) is 64.8 Å². The molecular formula is C25H34FN5O4. The summed E-state index contributed by atoms with van der Waals surface area (Å²) in [6, 6.07) is 6.62. The zero-order chi connectivity index (χ0) is 24.8. The van der Waals surface area contributed by atoms with E-state index in [4.69, 9.17) is 14.2 Å². The molecule has 4 rings (SSSR count). The number of ether oxygens (including phenoxy) is 3. The quantitative estimate of drug-likeness (QED) is 0.556. The lowest BCUT2D eigenvalue weighted by atomic mass is 10.1. The first-order valence-corrected chi connectivity index (χ1v) is 12.3. The molecule has 1 aromatic carbocycles. The third-order valence-electron chi connectivity index (χ3n) is 5.93. The van der Waals surface area contributed by atoms with Crippen molar-refractivity contribution in [3.05, 3.63) is 35.9 Å². The average Bonchev–Trinajstić information content (AvgIpc) is 3.33. The molecule has 1 aromatic heterocycles. The van der Waals surface area contributed by atoms with Gasteiger partial charge in [0.25, 0.3) is 0 Å². The van der Waals surface area contributed by atoms with Crippen LogP contribution in [-0.2, 0) is 9.47 Å². The molecule has 35 heavy (non-hydrogen) atoms. The van der Waals surface area contributed by atoms with Crippen molar-refractivity contribution in [3.63, 3.8) is 0 Å². The summed E-state index contributed by atoms with van der Waals surface area (Å²) >= 11 is 0. The number of carbonyl (C=O) groups excluding carboxylic acids is 1. The number of anilines is 3. The predicted octanol–water partition coefficient (Wildman–Crippen LogP) is 4.65. The lowest BCUT2D eigenvalue weighted by Gasteiger charge is -2.31. The molecule has 2 fully saturated rings. The number of hydrogen-bond donors (Lipinski definition) is 2. The van der Waals surface area contributed by atoms with Gasteiger partial charge in [0, 0.05) is 50.8 Å². The van der Waals surface area contributed by atoms with Crippen LogP contribution in [0.25, 0.3) is 0 Å². The maximum atomic E-state index is 14.7.